The third-order valence-electron chi connectivity index (χ3n) is 20.4. The Kier molecular flexibility index (Phi) is 15.4. The Hall–Kier alpha value is -13.1. The second kappa shape index (κ2) is 26.1. The van der Waals surface area contributed by atoms with Gasteiger partial charge in [0.05, 0.1) is 0 Å². The monoisotopic (exact) mass is 1380 g/mol. The maximum atomic E-state index is 6.31. The Morgan fingerprint density at radius 1 is 0.286 bits per heavy atom. The van der Waals surface area contributed by atoms with E-state index in [2.05, 4.69) is 303 Å². The predicted molar refractivity (Wildman–Crippen MR) is 434 cm³/mol. The highest BCUT2D eigenvalue weighted by Crippen LogP contribution is 2.65. The zero-order valence-electron chi connectivity index (χ0n) is 56.8. The van der Waals surface area contributed by atoms with Crippen molar-refractivity contribution in [2.75, 3.05) is 0 Å². The van der Waals surface area contributed by atoms with Crippen LogP contribution in [0.1, 0.15) is 17.7 Å². The van der Waals surface area contributed by atoms with E-state index in [1.807, 2.05) is 53.8 Å². The highest BCUT2D eigenvalue weighted by atomic mass is 32.2. The third kappa shape index (κ3) is 11.4. The highest BCUT2D eigenvalue weighted by molar-refractivity contribution is 8.17. The number of aromatic nitrogens is 6. The van der Waals surface area contributed by atoms with Gasteiger partial charge in [0.15, 0.2) is 34.9 Å². The molecule has 5 heterocycles. The van der Waals surface area contributed by atoms with Crippen LogP contribution < -0.4 is 0 Å². The van der Waals surface area contributed by atoms with E-state index < -0.39 is 10.9 Å². The van der Waals surface area contributed by atoms with E-state index in [1.165, 1.54) is 90.5 Å². The molecule has 2 aliphatic rings. The average Bonchev–Trinajstić information content (AvgIpc) is 1.60. The fraction of sp³-hybridized carbons (Fsp3) is 0.0208. The summed E-state index contributed by atoms with van der Waals surface area (Å²) in [7, 11) is -1.02. The zero-order chi connectivity index (χ0) is 69.3. The predicted octanol–water partition coefficient (Wildman–Crippen LogP) is 25.6. The molecule has 4 aromatic heterocycles. The van der Waals surface area contributed by atoms with E-state index in [4.69, 9.17) is 34.3 Å². The normalized spacial score (nSPS) is 13.3. The fourth-order valence-corrected chi connectivity index (χ4v) is 18.9. The second-order valence-corrected chi connectivity index (χ2v) is 30.0. The molecular weight excluding hydrogens is 1320 g/mol. The van der Waals surface area contributed by atoms with Crippen LogP contribution in [0.5, 0.6) is 0 Å². The van der Waals surface area contributed by atoms with Crippen LogP contribution in [0, 0.1) is 0 Å². The van der Waals surface area contributed by atoms with Crippen LogP contribution in [0.15, 0.2) is 359 Å². The molecular formula is C96H62N6OS2. The van der Waals surface area contributed by atoms with Crippen molar-refractivity contribution in [1.29, 1.82) is 0 Å². The van der Waals surface area contributed by atoms with Gasteiger partial charge >= 0.3 is 0 Å². The van der Waals surface area contributed by atoms with Gasteiger partial charge in [0.2, 0.25) is 0 Å². The molecule has 0 saturated carbocycles. The molecule has 1 atom stereocenters. The van der Waals surface area contributed by atoms with E-state index in [9.17, 15) is 0 Å². The van der Waals surface area contributed by atoms with Crippen molar-refractivity contribution in [3.05, 3.63) is 351 Å². The first-order valence-electron chi connectivity index (χ1n) is 35.5. The Bertz CT molecular complexity index is 6420. The van der Waals surface area contributed by atoms with Crippen LogP contribution in [0.3, 0.4) is 0 Å². The Labute approximate surface area is 614 Å². The van der Waals surface area contributed by atoms with Crippen molar-refractivity contribution < 1.29 is 4.42 Å². The van der Waals surface area contributed by atoms with E-state index in [0.29, 0.717) is 34.9 Å². The molecule has 18 aromatic rings. The van der Waals surface area contributed by atoms with E-state index >= 15 is 0 Å². The molecule has 14 aromatic carbocycles. The highest BCUT2D eigenvalue weighted by Gasteiger charge is 2.31. The average molecular weight is 1380 g/mol. The van der Waals surface area contributed by atoms with Crippen LogP contribution in [0.4, 0.5) is 0 Å². The van der Waals surface area contributed by atoms with Gasteiger partial charge in [0, 0.05) is 86.3 Å². The molecule has 105 heavy (non-hydrogen) atoms. The minimum Gasteiger partial charge on any atom is -0.460 e. The summed E-state index contributed by atoms with van der Waals surface area (Å²) in [5.74, 6) is 4.69. The number of rotatable bonds is 13. The number of allylic oxidation sites excluding steroid dienone is 1. The number of fused-ring (bicyclic) bond motifs is 9. The van der Waals surface area contributed by atoms with E-state index in [0.717, 1.165) is 90.8 Å². The van der Waals surface area contributed by atoms with Crippen molar-refractivity contribution in [2.24, 2.45) is 0 Å². The van der Waals surface area contributed by atoms with Crippen LogP contribution in [-0.4, -0.2) is 29.9 Å². The third-order valence-corrected chi connectivity index (χ3v) is 24.1. The lowest BCUT2D eigenvalue weighted by Gasteiger charge is -2.20. The van der Waals surface area contributed by atoms with Crippen molar-refractivity contribution in [3.63, 3.8) is 0 Å². The standard InChI is InChI=1S/C96H62N6OS2/c1-5-18-60(19-6-1)62-34-36-63(37-35-62)73-49-54-85-81(57-73)89-77(29-16-32-86(89)104-85)64-38-42-68(43-39-64)93-97-91(66-22-9-3-10-23-66)98-95(100-93)70-46-51-76(52-47-70)105-87-55-50-74(72-27-15-26-71(56-72)61-20-7-2-8-21-61)58-82(87)90-78(30-17-33-88(90)105)65-40-44-69(45-41-65)94-99-92(67-24-11-4-12-25-67)101-96(102-94)75-48-53-84-80(59-75)79-28-13-14-31-83(79)103-84/h1-13,15-30,32-59,105H,14,31H2. The summed E-state index contributed by atoms with van der Waals surface area (Å²) in [4.78, 5) is 35.1. The first-order chi connectivity index (χ1) is 52.0. The first kappa shape index (κ1) is 61.8. The van der Waals surface area contributed by atoms with Gasteiger partial charge in [-0.15, -0.1) is 11.3 Å². The molecule has 0 fully saturated rings. The number of hydrogen-bond donors (Lipinski definition) is 1. The summed E-state index contributed by atoms with van der Waals surface area (Å²) in [6.45, 7) is 0. The van der Waals surface area contributed by atoms with Crippen molar-refractivity contribution in [1.82, 2.24) is 29.9 Å². The number of thiol groups is 1. The summed E-state index contributed by atoms with van der Waals surface area (Å²) in [6, 6.07) is 120. The summed E-state index contributed by atoms with van der Waals surface area (Å²) in [5, 5.41) is 3.58. The molecule has 0 bridgehead atoms. The fourth-order valence-electron chi connectivity index (χ4n) is 15.2. The van der Waals surface area contributed by atoms with E-state index in [1.54, 1.807) is 0 Å². The molecule has 494 valence electrons. The molecule has 20 rings (SSSR count). The minimum atomic E-state index is -1.02. The van der Waals surface area contributed by atoms with Crippen LogP contribution >= 0.6 is 22.2 Å². The molecule has 7 nitrogen and oxygen atoms in total. The number of thiophene rings is 1. The SMILES string of the molecule is C1=Cc2c(oc3ccc(-c4nc(-c5ccccc5)nc(-c5ccc(-c6cccc7c6-c6cc(-c8cccc(-c9ccccc9)c8)ccc6[SH]7c6ccc(-c7nc(-c8ccccc8)nc(-c8ccc(-c9cccc%10sc%11ccc(-c%12ccc(-c%13ccccc%13)cc%12)cc%11c9%10)cc8)n7)cc6)cc5)n4)cc23)CC1. The molecule has 1 aliphatic heterocycles. The Morgan fingerprint density at radius 3 is 1.32 bits per heavy atom. The Morgan fingerprint density at radius 2 is 0.705 bits per heavy atom. The van der Waals surface area contributed by atoms with Gasteiger partial charge in [0.25, 0.3) is 0 Å². The first-order valence-corrected chi connectivity index (χ1v) is 37.7. The number of nitrogens with zero attached hydrogens (tertiary/aromatic N) is 6. The number of hydrogen-bond acceptors (Lipinski definition) is 8. The molecule has 0 spiro atoms. The van der Waals surface area contributed by atoms with Crippen LogP contribution in [0.2, 0.25) is 0 Å². The molecule has 0 radical (unpaired) electrons. The topological polar surface area (TPSA) is 90.5 Å². The van der Waals surface area contributed by atoms with E-state index in [-0.39, 0.29) is 0 Å². The molecule has 1 aliphatic carbocycles. The quantitative estimate of drug-likeness (QED) is 0.115. The number of aryl methyl sites for hydroxylation is 1. The van der Waals surface area contributed by atoms with Gasteiger partial charge in [-0.3, -0.25) is 0 Å². The lowest BCUT2D eigenvalue weighted by Crippen LogP contribution is -2.00. The maximum absolute atomic E-state index is 6.31. The van der Waals surface area contributed by atoms with Crippen molar-refractivity contribution in [3.8, 4) is 146 Å². The summed E-state index contributed by atoms with van der Waals surface area (Å²) >= 11 is 1.84. The molecule has 1 unspecified atom stereocenters. The van der Waals surface area contributed by atoms with Crippen LogP contribution in [0.25, 0.3) is 183 Å². The number of benzene rings is 14. The summed E-state index contributed by atoms with van der Waals surface area (Å²) in [5.41, 5.74) is 24.0. The largest absolute Gasteiger partial charge is 0.460 e. The summed E-state index contributed by atoms with van der Waals surface area (Å²) in [6.07, 6.45) is 6.27. The lowest BCUT2D eigenvalue weighted by atomic mass is 9.92. The van der Waals surface area contributed by atoms with Gasteiger partial charge in [-0.05, 0) is 156 Å². The van der Waals surface area contributed by atoms with Crippen LogP contribution in [-0.2, 0) is 6.42 Å². The maximum Gasteiger partial charge on any atom is 0.164 e. The second-order valence-electron chi connectivity index (χ2n) is 26.8. The Balaban J connectivity index is 0.649. The van der Waals surface area contributed by atoms with Gasteiger partial charge in [0.1, 0.15) is 11.3 Å². The van der Waals surface area contributed by atoms with Crippen molar-refractivity contribution in [2.45, 2.75) is 27.5 Å². The van der Waals surface area contributed by atoms with Gasteiger partial charge in [-0.2, -0.15) is 10.9 Å². The molecule has 0 N–H and O–H groups in total. The van der Waals surface area contributed by atoms with Gasteiger partial charge in [-0.1, -0.05) is 273 Å². The zero-order valence-corrected chi connectivity index (χ0v) is 58.5. The number of furan rings is 1. The lowest BCUT2D eigenvalue weighted by molar-refractivity contribution is 0.546. The molecule has 0 amide bonds. The minimum absolute atomic E-state index is 0.602. The molecule has 9 heteroatoms. The molecule has 0 saturated heterocycles. The summed E-state index contributed by atoms with van der Waals surface area (Å²) < 4.78 is 8.84. The van der Waals surface area contributed by atoms with Gasteiger partial charge in [-0.25, -0.2) is 29.9 Å². The van der Waals surface area contributed by atoms with Gasteiger partial charge < -0.3 is 4.42 Å². The smallest absolute Gasteiger partial charge is 0.164 e. The van der Waals surface area contributed by atoms with Crippen molar-refractivity contribution >= 4 is 59.4 Å².